The Morgan fingerprint density at radius 1 is 0.864 bits per heavy atom. The van der Waals surface area contributed by atoms with Gasteiger partial charge in [0.15, 0.2) is 0 Å². The summed E-state index contributed by atoms with van der Waals surface area (Å²) in [5.74, 6) is 0. The van der Waals surface area contributed by atoms with Gasteiger partial charge in [0, 0.05) is 22.3 Å². The fourth-order valence-electron chi connectivity index (χ4n) is 2.61. The molecule has 0 saturated carbocycles. The first kappa shape index (κ1) is 13.0. The molecular formula is C18H12ClN3. The minimum Gasteiger partial charge on any atom is -0.345 e. The number of hydrogen-bond donors (Lipinski definition) is 1. The SMILES string of the molecule is Clc1cccc(-c2ncccc2-c2ccc3nc[nH]c3c2)c1. The van der Waals surface area contributed by atoms with E-state index in [1.807, 2.05) is 36.4 Å². The molecule has 0 saturated heterocycles. The highest BCUT2D eigenvalue weighted by Crippen LogP contribution is 2.32. The molecule has 0 spiro atoms. The Morgan fingerprint density at radius 2 is 1.82 bits per heavy atom. The van der Waals surface area contributed by atoms with Crippen molar-refractivity contribution in [3.63, 3.8) is 0 Å². The number of benzene rings is 2. The van der Waals surface area contributed by atoms with Crippen LogP contribution in [0.3, 0.4) is 0 Å². The number of rotatable bonds is 2. The summed E-state index contributed by atoms with van der Waals surface area (Å²) in [6, 6.07) is 17.9. The van der Waals surface area contributed by atoms with E-state index < -0.39 is 0 Å². The maximum Gasteiger partial charge on any atom is 0.0931 e. The number of nitrogens with one attached hydrogen (secondary N) is 1. The topological polar surface area (TPSA) is 41.6 Å². The van der Waals surface area contributed by atoms with Crippen LogP contribution in [-0.4, -0.2) is 15.0 Å². The molecule has 3 nitrogen and oxygen atoms in total. The Kier molecular flexibility index (Phi) is 3.13. The summed E-state index contributed by atoms with van der Waals surface area (Å²) >= 11 is 6.12. The third-order valence-corrected chi connectivity index (χ3v) is 3.87. The van der Waals surface area contributed by atoms with Gasteiger partial charge in [0.2, 0.25) is 0 Å². The molecule has 2 aromatic carbocycles. The lowest BCUT2D eigenvalue weighted by Gasteiger charge is -2.09. The quantitative estimate of drug-likeness (QED) is 0.569. The fourth-order valence-corrected chi connectivity index (χ4v) is 2.80. The highest BCUT2D eigenvalue weighted by Gasteiger charge is 2.10. The molecule has 0 aliphatic heterocycles. The number of pyridine rings is 1. The van der Waals surface area contributed by atoms with Gasteiger partial charge in [-0.2, -0.15) is 0 Å². The number of halogens is 1. The highest BCUT2D eigenvalue weighted by atomic mass is 35.5. The molecule has 4 aromatic rings. The van der Waals surface area contributed by atoms with Gasteiger partial charge in [0.1, 0.15) is 0 Å². The van der Waals surface area contributed by atoms with Crippen LogP contribution in [0.2, 0.25) is 5.02 Å². The number of hydrogen-bond acceptors (Lipinski definition) is 2. The van der Waals surface area contributed by atoms with Crippen molar-refractivity contribution in [3.8, 4) is 22.4 Å². The van der Waals surface area contributed by atoms with Crippen LogP contribution in [0, 0.1) is 0 Å². The van der Waals surface area contributed by atoms with Gasteiger partial charge < -0.3 is 4.98 Å². The molecule has 2 aromatic heterocycles. The van der Waals surface area contributed by atoms with Gasteiger partial charge in [-0.1, -0.05) is 35.9 Å². The first-order valence-corrected chi connectivity index (χ1v) is 7.33. The summed E-state index contributed by atoms with van der Waals surface area (Å²) < 4.78 is 0. The van der Waals surface area contributed by atoms with Crippen LogP contribution in [0.1, 0.15) is 0 Å². The van der Waals surface area contributed by atoms with Crippen LogP contribution in [0.15, 0.2) is 67.1 Å². The van der Waals surface area contributed by atoms with Crippen LogP contribution >= 0.6 is 11.6 Å². The Labute approximate surface area is 132 Å². The van der Waals surface area contributed by atoms with E-state index in [0.717, 1.165) is 33.4 Å². The van der Waals surface area contributed by atoms with E-state index in [-0.39, 0.29) is 0 Å². The number of aromatic amines is 1. The molecule has 0 atom stereocenters. The van der Waals surface area contributed by atoms with E-state index >= 15 is 0 Å². The van der Waals surface area contributed by atoms with Crippen LogP contribution in [0.25, 0.3) is 33.4 Å². The second-order valence-electron chi connectivity index (χ2n) is 5.04. The third-order valence-electron chi connectivity index (χ3n) is 3.64. The Bertz CT molecular complexity index is 959. The van der Waals surface area contributed by atoms with E-state index in [1.54, 1.807) is 12.5 Å². The molecule has 0 amide bonds. The van der Waals surface area contributed by atoms with Crippen molar-refractivity contribution in [1.82, 2.24) is 15.0 Å². The summed E-state index contributed by atoms with van der Waals surface area (Å²) in [7, 11) is 0. The molecular weight excluding hydrogens is 294 g/mol. The zero-order valence-electron chi connectivity index (χ0n) is 11.6. The lowest BCUT2D eigenvalue weighted by Crippen LogP contribution is -1.89. The van der Waals surface area contributed by atoms with E-state index in [4.69, 9.17) is 11.6 Å². The lowest BCUT2D eigenvalue weighted by atomic mass is 9.99. The van der Waals surface area contributed by atoms with Crippen LogP contribution in [0.5, 0.6) is 0 Å². The van der Waals surface area contributed by atoms with Crippen molar-refractivity contribution in [1.29, 1.82) is 0 Å². The predicted molar refractivity (Wildman–Crippen MR) is 89.8 cm³/mol. The zero-order chi connectivity index (χ0) is 14.9. The molecule has 1 N–H and O–H groups in total. The van der Waals surface area contributed by atoms with Crippen LogP contribution in [0.4, 0.5) is 0 Å². The van der Waals surface area contributed by atoms with Crippen molar-refractivity contribution in [2.45, 2.75) is 0 Å². The number of aromatic nitrogens is 3. The van der Waals surface area contributed by atoms with E-state index in [9.17, 15) is 0 Å². The fraction of sp³-hybridized carbons (Fsp3) is 0. The molecule has 22 heavy (non-hydrogen) atoms. The lowest BCUT2D eigenvalue weighted by molar-refractivity contribution is 1.33. The molecule has 4 rings (SSSR count). The normalized spacial score (nSPS) is 11.0. The standard InChI is InChI=1S/C18H12ClN3/c19-14-4-1-3-13(9-14)18-15(5-2-8-20-18)12-6-7-16-17(10-12)22-11-21-16/h1-11H,(H,21,22). The van der Waals surface area contributed by atoms with Crippen LogP contribution in [-0.2, 0) is 0 Å². The molecule has 0 aliphatic rings. The molecule has 4 heteroatoms. The minimum atomic E-state index is 0.707. The largest absolute Gasteiger partial charge is 0.345 e. The summed E-state index contributed by atoms with van der Waals surface area (Å²) in [5.41, 5.74) is 6.06. The van der Waals surface area contributed by atoms with Crippen molar-refractivity contribution >= 4 is 22.6 Å². The molecule has 0 fully saturated rings. The average molecular weight is 306 g/mol. The monoisotopic (exact) mass is 305 g/mol. The van der Waals surface area contributed by atoms with Gasteiger partial charge >= 0.3 is 0 Å². The van der Waals surface area contributed by atoms with Crippen molar-refractivity contribution < 1.29 is 0 Å². The molecule has 2 heterocycles. The highest BCUT2D eigenvalue weighted by molar-refractivity contribution is 6.30. The van der Waals surface area contributed by atoms with Gasteiger partial charge in [-0.15, -0.1) is 0 Å². The number of fused-ring (bicyclic) bond motifs is 1. The maximum atomic E-state index is 6.12. The van der Waals surface area contributed by atoms with Crippen molar-refractivity contribution in [3.05, 3.63) is 72.1 Å². The van der Waals surface area contributed by atoms with Crippen molar-refractivity contribution in [2.24, 2.45) is 0 Å². The van der Waals surface area contributed by atoms with Gasteiger partial charge in [-0.05, 0) is 35.9 Å². The molecule has 0 bridgehead atoms. The smallest absolute Gasteiger partial charge is 0.0931 e. The summed E-state index contributed by atoms with van der Waals surface area (Å²) in [6.07, 6.45) is 3.50. The summed E-state index contributed by atoms with van der Waals surface area (Å²) in [5, 5.41) is 0.707. The number of nitrogens with zero attached hydrogens (tertiary/aromatic N) is 2. The average Bonchev–Trinajstić information content (AvgIpc) is 3.02. The first-order chi connectivity index (χ1) is 10.8. The van der Waals surface area contributed by atoms with Gasteiger partial charge in [0.25, 0.3) is 0 Å². The second-order valence-corrected chi connectivity index (χ2v) is 5.48. The zero-order valence-corrected chi connectivity index (χ0v) is 12.4. The Morgan fingerprint density at radius 3 is 2.73 bits per heavy atom. The molecule has 0 radical (unpaired) electrons. The van der Waals surface area contributed by atoms with Gasteiger partial charge in [-0.3, -0.25) is 4.98 Å². The molecule has 0 unspecified atom stereocenters. The van der Waals surface area contributed by atoms with Crippen LogP contribution < -0.4 is 0 Å². The third kappa shape index (κ3) is 2.26. The second kappa shape index (κ2) is 5.28. The van der Waals surface area contributed by atoms with E-state index in [1.165, 1.54) is 0 Å². The van der Waals surface area contributed by atoms with Gasteiger partial charge in [0.05, 0.1) is 23.1 Å². The predicted octanol–water partition coefficient (Wildman–Crippen LogP) is 4.95. The molecule has 0 aliphatic carbocycles. The van der Waals surface area contributed by atoms with E-state index in [2.05, 4.69) is 33.2 Å². The Hall–Kier alpha value is -2.65. The maximum absolute atomic E-state index is 6.12. The summed E-state index contributed by atoms with van der Waals surface area (Å²) in [6.45, 7) is 0. The van der Waals surface area contributed by atoms with Crippen molar-refractivity contribution in [2.75, 3.05) is 0 Å². The number of imidazole rings is 1. The van der Waals surface area contributed by atoms with Gasteiger partial charge in [-0.25, -0.2) is 4.98 Å². The Balaban J connectivity index is 1.92. The first-order valence-electron chi connectivity index (χ1n) is 6.96. The summed E-state index contributed by atoms with van der Waals surface area (Å²) in [4.78, 5) is 12.0. The molecule has 106 valence electrons. The van der Waals surface area contributed by atoms with E-state index in [0.29, 0.717) is 5.02 Å². The minimum absolute atomic E-state index is 0.707. The number of H-pyrrole nitrogens is 1.